The van der Waals surface area contributed by atoms with Gasteiger partial charge < -0.3 is 20.3 Å². The van der Waals surface area contributed by atoms with Crippen LogP contribution in [0.3, 0.4) is 0 Å². The number of benzene rings is 2. The predicted octanol–water partition coefficient (Wildman–Crippen LogP) is 5.09. The molecule has 0 saturated heterocycles. The van der Waals surface area contributed by atoms with E-state index in [-0.39, 0.29) is 31.7 Å². The first-order valence-electron chi connectivity index (χ1n) is 8.96. The lowest BCUT2D eigenvalue weighted by Gasteiger charge is -2.11. The third-order valence-electron chi connectivity index (χ3n) is 3.84. The van der Waals surface area contributed by atoms with Gasteiger partial charge >= 0.3 is 0 Å². The molecule has 0 radical (unpaired) electrons. The maximum absolute atomic E-state index is 8.97. The van der Waals surface area contributed by atoms with Crippen LogP contribution in [0.2, 0.25) is 10.0 Å². The molecule has 0 unspecified atom stereocenters. The maximum Gasteiger partial charge on any atom is 0.149 e. The zero-order valence-electron chi connectivity index (χ0n) is 16.3. The first-order chi connectivity index (χ1) is 13.9. The van der Waals surface area contributed by atoms with Crippen molar-refractivity contribution in [1.29, 1.82) is 0 Å². The van der Waals surface area contributed by atoms with E-state index in [4.69, 9.17) is 43.5 Å². The van der Waals surface area contributed by atoms with Crippen LogP contribution in [-0.4, -0.2) is 40.7 Å². The average Bonchev–Trinajstić information content (AvgIpc) is 3.17. The number of aliphatic hydroxyl groups is 1. The summed E-state index contributed by atoms with van der Waals surface area (Å²) < 4.78 is 11.2. The first-order valence-corrected chi connectivity index (χ1v) is 10.5. The van der Waals surface area contributed by atoms with Gasteiger partial charge in [0.2, 0.25) is 0 Å². The number of nitrogens with two attached hydrogens (primary N) is 1. The Balaban J connectivity index is 0.00000320. The summed E-state index contributed by atoms with van der Waals surface area (Å²) in [7, 11) is 0. The Morgan fingerprint density at radius 3 is 2.43 bits per heavy atom. The number of rotatable bonds is 8. The van der Waals surface area contributed by atoms with E-state index >= 15 is 0 Å². The lowest BCUT2D eigenvalue weighted by molar-refractivity contribution is 0.206. The van der Waals surface area contributed by atoms with Crippen molar-refractivity contribution in [2.24, 2.45) is 5.73 Å². The highest BCUT2D eigenvalue weighted by atomic mass is 35.5. The third kappa shape index (κ3) is 6.20. The van der Waals surface area contributed by atoms with Gasteiger partial charge in [-0.15, -0.1) is 22.6 Å². The Morgan fingerprint density at radius 2 is 1.80 bits per heavy atom. The number of hydrogen-bond donors (Lipinski definition) is 2. The third-order valence-corrected chi connectivity index (χ3v) is 5.45. The number of halogens is 3. The molecule has 0 spiro atoms. The molecule has 0 fully saturated rings. The fourth-order valence-electron chi connectivity index (χ4n) is 2.45. The minimum absolute atomic E-state index is 0. The van der Waals surface area contributed by atoms with Crippen molar-refractivity contribution in [2.75, 3.05) is 13.2 Å². The van der Waals surface area contributed by atoms with E-state index in [9.17, 15) is 0 Å². The summed E-state index contributed by atoms with van der Waals surface area (Å²) in [6, 6.07) is 10.4. The van der Waals surface area contributed by atoms with Gasteiger partial charge in [0.25, 0.3) is 0 Å². The summed E-state index contributed by atoms with van der Waals surface area (Å²) in [5, 5.41) is 19.9. The second-order valence-corrected chi connectivity index (χ2v) is 8.41. The Kier molecular flexibility index (Phi) is 9.15. The Labute approximate surface area is 195 Å². The summed E-state index contributed by atoms with van der Waals surface area (Å²) in [5.74, 6) is 1.20. The van der Waals surface area contributed by atoms with Crippen LogP contribution in [-0.2, 0) is 0 Å². The molecule has 2 aromatic carbocycles. The summed E-state index contributed by atoms with van der Waals surface area (Å²) in [4.78, 5) is 0. The highest BCUT2D eigenvalue weighted by Gasteiger charge is 2.14. The van der Waals surface area contributed by atoms with Crippen LogP contribution < -0.4 is 15.2 Å². The molecule has 6 nitrogen and oxygen atoms in total. The van der Waals surface area contributed by atoms with Gasteiger partial charge in [0, 0.05) is 11.1 Å². The van der Waals surface area contributed by atoms with Gasteiger partial charge in [-0.25, -0.2) is 0 Å². The molecule has 3 N–H and O–H groups in total. The molecule has 0 bridgehead atoms. The zero-order valence-corrected chi connectivity index (χ0v) is 19.5. The molecule has 1 atom stereocenters. The van der Waals surface area contributed by atoms with Crippen molar-refractivity contribution in [3.63, 3.8) is 0 Å². The predicted molar refractivity (Wildman–Crippen MR) is 124 cm³/mol. The summed E-state index contributed by atoms with van der Waals surface area (Å²) in [6.07, 6.45) is 0.0416. The molecule has 0 aliphatic rings. The van der Waals surface area contributed by atoms with Crippen molar-refractivity contribution < 1.29 is 14.6 Å². The molecule has 1 heterocycles. The van der Waals surface area contributed by atoms with E-state index in [2.05, 4.69) is 10.2 Å². The Hall–Kier alpha value is -1.61. The normalized spacial score (nSPS) is 11.8. The molecule has 0 saturated carbocycles. The van der Waals surface area contributed by atoms with Crippen LogP contribution in [0.15, 0.2) is 36.4 Å². The van der Waals surface area contributed by atoms with E-state index in [0.717, 1.165) is 16.1 Å². The summed E-state index contributed by atoms with van der Waals surface area (Å²) >= 11 is 14.1. The molecule has 30 heavy (non-hydrogen) atoms. The van der Waals surface area contributed by atoms with Crippen molar-refractivity contribution in [3.05, 3.63) is 46.4 Å². The van der Waals surface area contributed by atoms with Crippen LogP contribution in [0.5, 0.6) is 11.5 Å². The molecular formula is C20H22Cl3N3O3S. The molecule has 162 valence electrons. The van der Waals surface area contributed by atoms with Gasteiger partial charge in [0.05, 0.1) is 28.8 Å². The monoisotopic (exact) mass is 489 g/mol. The molecule has 10 heteroatoms. The number of hydrogen-bond acceptors (Lipinski definition) is 7. The van der Waals surface area contributed by atoms with Gasteiger partial charge in [-0.05, 0) is 50.2 Å². The molecule has 3 aromatic rings. The van der Waals surface area contributed by atoms with Crippen molar-refractivity contribution >= 4 is 46.9 Å². The van der Waals surface area contributed by atoms with Crippen LogP contribution in [0.4, 0.5) is 0 Å². The van der Waals surface area contributed by atoms with Gasteiger partial charge in [0.15, 0.2) is 0 Å². The van der Waals surface area contributed by atoms with E-state index in [0.29, 0.717) is 26.6 Å². The second-order valence-electron chi connectivity index (χ2n) is 6.62. The maximum atomic E-state index is 8.97. The largest absolute Gasteiger partial charge is 0.492 e. The fraction of sp³-hybridized carbons (Fsp3) is 0.300. The highest BCUT2D eigenvalue weighted by Crippen LogP contribution is 2.37. The molecule has 3 rings (SSSR count). The molecule has 0 amide bonds. The minimum Gasteiger partial charge on any atom is -0.492 e. The van der Waals surface area contributed by atoms with Crippen LogP contribution in [0.1, 0.15) is 13.8 Å². The second kappa shape index (κ2) is 11.1. The zero-order chi connectivity index (χ0) is 21.0. The van der Waals surface area contributed by atoms with Gasteiger partial charge in [0.1, 0.15) is 28.1 Å². The van der Waals surface area contributed by atoms with Gasteiger partial charge in [-0.2, -0.15) is 0 Å². The summed E-state index contributed by atoms with van der Waals surface area (Å²) in [5.41, 5.74) is 7.24. The van der Waals surface area contributed by atoms with Crippen LogP contribution in [0.25, 0.3) is 21.1 Å². The van der Waals surface area contributed by atoms with Gasteiger partial charge in [-0.1, -0.05) is 34.5 Å². The highest BCUT2D eigenvalue weighted by molar-refractivity contribution is 7.18. The Morgan fingerprint density at radius 1 is 1.07 bits per heavy atom. The molecule has 0 aliphatic carbocycles. The quantitative estimate of drug-likeness (QED) is 0.457. The first kappa shape index (κ1) is 24.7. The average molecular weight is 491 g/mol. The lowest BCUT2D eigenvalue weighted by atomic mass is 10.2. The smallest absolute Gasteiger partial charge is 0.149 e. The van der Waals surface area contributed by atoms with E-state index in [1.165, 1.54) is 11.3 Å². The van der Waals surface area contributed by atoms with E-state index in [1.807, 2.05) is 38.1 Å². The fourth-order valence-corrected chi connectivity index (χ4v) is 3.87. The van der Waals surface area contributed by atoms with E-state index < -0.39 is 6.04 Å². The number of aliphatic hydroxyl groups excluding tert-OH is 1. The Bertz CT molecular complexity index is 985. The topological polar surface area (TPSA) is 90.5 Å². The molecule has 0 aliphatic heterocycles. The van der Waals surface area contributed by atoms with Crippen LogP contribution in [0, 0.1) is 0 Å². The lowest BCUT2D eigenvalue weighted by Crippen LogP contribution is -2.31. The standard InChI is InChI=1S/C20H21Cl2N3O3S.ClH/c1-11(2)28-18-6-3-12(7-17(18)22)19-24-25-20(29-19)15-5-4-14(8-16(15)21)27-10-13(23)9-26;/h3-8,11,13,26H,9-10,23H2,1-2H3;1H/t13-;/m1./s1. The molecular weight excluding hydrogens is 469 g/mol. The van der Waals surface area contributed by atoms with Crippen molar-refractivity contribution in [3.8, 4) is 32.6 Å². The molecule has 1 aromatic heterocycles. The summed E-state index contributed by atoms with van der Waals surface area (Å²) in [6.45, 7) is 3.95. The SMILES string of the molecule is CC(C)Oc1ccc(-c2nnc(-c3ccc(OC[C@H](N)CO)cc3Cl)s2)cc1Cl.Cl. The number of aromatic nitrogens is 2. The van der Waals surface area contributed by atoms with Crippen molar-refractivity contribution in [2.45, 2.75) is 26.0 Å². The number of ether oxygens (including phenoxy) is 2. The number of nitrogens with zero attached hydrogens (tertiary/aromatic N) is 2. The van der Waals surface area contributed by atoms with E-state index in [1.54, 1.807) is 12.1 Å². The van der Waals surface area contributed by atoms with Crippen molar-refractivity contribution in [1.82, 2.24) is 10.2 Å². The van der Waals surface area contributed by atoms with Crippen LogP contribution >= 0.6 is 46.9 Å². The van der Waals surface area contributed by atoms with Gasteiger partial charge in [-0.3, -0.25) is 0 Å². The minimum atomic E-state index is -0.441.